The van der Waals surface area contributed by atoms with E-state index in [4.69, 9.17) is 4.74 Å². The molecule has 172 valence electrons. The lowest BCUT2D eigenvalue weighted by Crippen LogP contribution is -2.21. The smallest absolute Gasteiger partial charge is 0.280 e. The molecule has 4 aromatic carbocycles. The monoisotopic (exact) mass is 463 g/mol. The number of ether oxygens (including phenoxy) is 1. The lowest BCUT2D eigenvalue weighted by Gasteiger charge is -2.14. The summed E-state index contributed by atoms with van der Waals surface area (Å²) >= 11 is 0. The van der Waals surface area contributed by atoms with Crippen LogP contribution in [0.5, 0.6) is 5.75 Å². The Bertz CT molecular complexity index is 1510. The van der Waals surface area contributed by atoms with E-state index in [0.717, 1.165) is 16.3 Å². The van der Waals surface area contributed by atoms with E-state index in [1.165, 1.54) is 17.1 Å². The Morgan fingerprint density at radius 1 is 0.971 bits per heavy atom. The second-order valence-electron chi connectivity index (χ2n) is 8.11. The van der Waals surface area contributed by atoms with Gasteiger partial charge in [0, 0.05) is 17.7 Å². The number of amides is 1. The first-order valence-corrected chi connectivity index (χ1v) is 11.1. The summed E-state index contributed by atoms with van der Waals surface area (Å²) in [5.41, 5.74) is 3.22. The average molecular weight is 463 g/mol. The molecule has 0 fully saturated rings. The number of hydrogen-bond donors (Lipinski definition) is 0. The summed E-state index contributed by atoms with van der Waals surface area (Å²) < 4.78 is 6.13. The van der Waals surface area contributed by atoms with Gasteiger partial charge in [0.25, 0.3) is 11.6 Å². The molecule has 5 rings (SSSR count). The van der Waals surface area contributed by atoms with Crippen molar-refractivity contribution in [2.45, 2.75) is 13.5 Å². The van der Waals surface area contributed by atoms with Crippen molar-refractivity contribution >= 4 is 39.8 Å². The predicted octanol–water partition coefficient (Wildman–Crippen LogP) is 6.13. The minimum atomic E-state index is -0.429. The van der Waals surface area contributed by atoms with Crippen LogP contribution in [0.3, 0.4) is 0 Å². The first-order valence-electron chi connectivity index (χ1n) is 11.1. The number of hydrogen-bond acceptors (Lipinski definition) is 5. The van der Waals surface area contributed by atoms with Crippen LogP contribution in [0.1, 0.15) is 18.1 Å². The molecule has 35 heavy (non-hydrogen) atoms. The van der Waals surface area contributed by atoms with Crippen molar-refractivity contribution in [2.24, 2.45) is 5.10 Å². The molecule has 0 saturated carbocycles. The summed E-state index contributed by atoms with van der Waals surface area (Å²) in [4.78, 5) is 24.0. The van der Waals surface area contributed by atoms with E-state index in [-0.39, 0.29) is 18.2 Å². The maximum absolute atomic E-state index is 13.3. The van der Waals surface area contributed by atoms with Crippen molar-refractivity contribution in [3.8, 4) is 5.75 Å². The first kappa shape index (κ1) is 22.0. The Balaban J connectivity index is 1.53. The van der Waals surface area contributed by atoms with Crippen LogP contribution in [-0.2, 0) is 11.4 Å². The highest BCUT2D eigenvalue weighted by Gasteiger charge is 2.29. The third-order valence-electron chi connectivity index (χ3n) is 5.80. The molecule has 0 unspecified atom stereocenters. The molecule has 1 heterocycles. The van der Waals surface area contributed by atoms with Gasteiger partial charge in [-0.15, -0.1) is 0 Å². The van der Waals surface area contributed by atoms with Crippen LogP contribution in [0.4, 0.5) is 11.4 Å². The van der Waals surface area contributed by atoms with Gasteiger partial charge in [0.1, 0.15) is 12.4 Å². The Kier molecular flexibility index (Phi) is 5.81. The second-order valence-corrected chi connectivity index (χ2v) is 8.11. The highest BCUT2D eigenvalue weighted by molar-refractivity contribution is 6.32. The fraction of sp³-hybridized carbons (Fsp3) is 0.0714. The fourth-order valence-corrected chi connectivity index (χ4v) is 4.04. The summed E-state index contributed by atoms with van der Waals surface area (Å²) in [5, 5.41) is 18.9. The minimum absolute atomic E-state index is 0.0105. The van der Waals surface area contributed by atoms with Crippen molar-refractivity contribution in [1.82, 2.24) is 0 Å². The fourth-order valence-electron chi connectivity index (χ4n) is 4.04. The zero-order chi connectivity index (χ0) is 24.4. The molecule has 1 aliphatic heterocycles. The number of para-hydroxylation sites is 1. The van der Waals surface area contributed by atoms with Crippen LogP contribution in [0, 0.1) is 10.1 Å². The maximum Gasteiger partial charge on any atom is 0.280 e. The van der Waals surface area contributed by atoms with E-state index in [9.17, 15) is 14.9 Å². The molecule has 0 atom stereocenters. The summed E-state index contributed by atoms with van der Waals surface area (Å²) in [7, 11) is 0. The highest BCUT2D eigenvalue weighted by Crippen LogP contribution is 2.33. The number of carbonyl (C=O) groups is 1. The molecule has 0 spiro atoms. The van der Waals surface area contributed by atoms with E-state index in [2.05, 4.69) is 5.10 Å². The molecule has 1 amide bonds. The zero-order valence-electron chi connectivity index (χ0n) is 18.9. The van der Waals surface area contributed by atoms with E-state index < -0.39 is 4.92 Å². The van der Waals surface area contributed by atoms with Gasteiger partial charge in [0.2, 0.25) is 0 Å². The van der Waals surface area contributed by atoms with E-state index in [0.29, 0.717) is 28.3 Å². The number of rotatable bonds is 6. The number of non-ortho nitro benzene ring substituents is 1. The van der Waals surface area contributed by atoms with Gasteiger partial charge in [-0.25, -0.2) is 0 Å². The molecule has 0 aliphatic carbocycles. The Labute approximate surface area is 201 Å². The third-order valence-corrected chi connectivity index (χ3v) is 5.80. The van der Waals surface area contributed by atoms with Crippen molar-refractivity contribution in [2.75, 3.05) is 5.01 Å². The zero-order valence-corrected chi connectivity index (χ0v) is 18.9. The van der Waals surface area contributed by atoms with Crippen LogP contribution < -0.4 is 9.75 Å². The number of benzene rings is 4. The van der Waals surface area contributed by atoms with Crippen LogP contribution >= 0.6 is 0 Å². The van der Waals surface area contributed by atoms with Crippen molar-refractivity contribution in [3.05, 3.63) is 118 Å². The Morgan fingerprint density at radius 2 is 1.74 bits per heavy atom. The largest absolute Gasteiger partial charge is 0.488 e. The Morgan fingerprint density at radius 3 is 2.54 bits per heavy atom. The molecular formula is C28H21N3O4. The molecule has 0 bridgehead atoms. The molecule has 7 heteroatoms. The van der Waals surface area contributed by atoms with Gasteiger partial charge in [0.05, 0.1) is 21.9 Å². The van der Waals surface area contributed by atoms with Crippen molar-refractivity contribution in [3.63, 3.8) is 0 Å². The minimum Gasteiger partial charge on any atom is -0.488 e. The van der Waals surface area contributed by atoms with Gasteiger partial charge in [-0.3, -0.25) is 14.9 Å². The molecule has 0 aromatic heterocycles. The van der Waals surface area contributed by atoms with Gasteiger partial charge < -0.3 is 4.74 Å². The normalized spacial score (nSPS) is 14.4. The van der Waals surface area contributed by atoms with Gasteiger partial charge >= 0.3 is 0 Å². The summed E-state index contributed by atoms with van der Waals surface area (Å²) in [6.07, 6.45) is 1.81. The lowest BCUT2D eigenvalue weighted by molar-refractivity contribution is -0.384. The summed E-state index contributed by atoms with van der Waals surface area (Å²) in [6, 6.07) is 27.3. The number of hydrazone groups is 1. The topological polar surface area (TPSA) is 85.0 Å². The number of carbonyl (C=O) groups excluding carboxylic acids is 1. The number of nitro groups is 1. The number of nitro benzene ring substituents is 1. The van der Waals surface area contributed by atoms with E-state index in [1.807, 2.05) is 72.8 Å². The summed E-state index contributed by atoms with van der Waals surface area (Å²) in [5.74, 6) is 0.354. The lowest BCUT2D eigenvalue weighted by atomic mass is 9.99. The molecule has 0 N–H and O–H groups in total. The highest BCUT2D eigenvalue weighted by atomic mass is 16.6. The first-order chi connectivity index (χ1) is 17.0. The van der Waals surface area contributed by atoms with Crippen LogP contribution in [-0.4, -0.2) is 16.5 Å². The quantitative estimate of drug-likeness (QED) is 0.195. The number of fused-ring (bicyclic) bond motifs is 1. The van der Waals surface area contributed by atoms with Crippen molar-refractivity contribution in [1.29, 1.82) is 0 Å². The van der Waals surface area contributed by atoms with E-state index >= 15 is 0 Å². The number of nitrogens with zero attached hydrogens (tertiary/aromatic N) is 3. The SMILES string of the molecule is CC1=NN(c2ccccc2)C(=O)/C1=C/c1c(OCc2cccc([N+](=O)[O-])c2)ccc2ccccc12. The predicted molar refractivity (Wildman–Crippen MR) is 136 cm³/mol. The van der Waals surface area contributed by atoms with Crippen molar-refractivity contribution < 1.29 is 14.5 Å². The Hall–Kier alpha value is -4.78. The van der Waals surface area contributed by atoms with Gasteiger partial charge in [-0.05, 0) is 47.5 Å². The van der Waals surface area contributed by atoms with Crippen LogP contribution in [0.2, 0.25) is 0 Å². The second kappa shape index (κ2) is 9.23. The molecule has 4 aromatic rings. The molecule has 0 saturated heterocycles. The number of anilines is 1. The molecule has 7 nitrogen and oxygen atoms in total. The standard InChI is InChI=1S/C28H21N3O4/c1-19-25(28(32)30(29-19)22-10-3-2-4-11-22)17-26-24-13-6-5-9-21(24)14-15-27(26)35-18-20-8-7-12-23(16-20)31(33)34/h2-17H,18H2,1H3/b25-17+. The maximum atomic E-state index is 13.3. The van der Waals surface area contributed by atoms with Crippen LogP contribution in [0.15, 0.2) is 102 Å². The molecule has 1 aliphatic rings. The molecule has 0 radical (unpaired) electrons. The molecular weight excluding hydrogens is 442 g/mol. The van der Waals surface area contributed by atoms with Gasteiger partial charge in [-0.1, -0.05) is 60.7 Å². The third kappa shape index (κ3) is 4.39. The summed E-state index contributed by atoms with van der Waals surface area (Å²) in [6.45, 7) is 1.95. The average Bonchev–Trinajstić information content (AvgIpc) is 3.17. The van der Waals surface area contributed by atoms with Crippen LogP contribution in [0.25, 0.3) is 16.8 Å². The van der Waals surface area contributed by atoms with Gasteiger partial charge in [-0.2, -0.15) is 10.1 Å². The van der Waals surface area contributed by atoms with E-state index in [1.54, 1.807) is 19.1 Å². The van der Waals surface area contributed by atoms with Gasteiger partial charge in [0.15, 0.2) is 0 Å².